The van der Waals surface area contributed by atoms with Gasteiger partial charge >= 0.3 is 5.97 Å². The minimum absolute atomic E-state index is 0.0600. The topological polar surface area (TPSA) is 73.2 Å². The fourth-order valence-corrected chi connectivity index (χ4v) is 3.29. The number of esters is 1. The molecule has 0 spiro atoms. The molecule has 0 aliphatic rings. The minimum Gasteiger partial charge on any atom is -0.459 e. The third-order valence-electron chi connectivity index (χ3n) is 4.88. The lowest BCUT2D eigenvalue weighted by Crippen LogP contribution is -2.31. The van der Waals surface area contributed by atoms with Gasteiger partial charge in [-0.25, -0.2) is 4.68 Å². The number of para-hydroxylation sites is 1. The largest absolute Gasteiger partial charge is 0.459 e. The van der Waals surface area contributed by atoms with Crippen LogP contribution >= 0.6 is 0 Å². The van der Waals surface area contributed by atoms with E-state index in [4.69, 9.17) is 9.84 Å². The van der Waals surface area contributed by atoms with E-state index in [0.717, 1.165) is 28.1 Å². The number of ether oxygens (including phenoxy) is 1. The molecule has 0 saturated carbocycles. The zero-order valence-electron chi connectivity index (χ0n) is 17.5. The normalized spacial score (nSPS) is 10.5. The molecule has 0 unspecified atom stereocenters. The summed E-state index contributed by atoms with van der Waals surface area (Å²) in [5.74, 6) is -0.729. The van der Waals surface area contributed by atoms with Gasteiger partial charge in [-0.3, -0.25) is 9.59 Å². The second-order valence-corrected chi connectivity index (χ2v) is 7.25. The highest BCUT2D eigenvalue weighted by molar-refractivity contribution is 5.83. The van der Waals surface area contributed by atoms with Crippen molar-refractivity contribution in [3.8, 4) is 16.9 Å². The van der Waals surface area contributed by atoms with Gasteiger partial charge in [0.1, 0.15) is 13.2 Å². The Labute approximate surface area is 186 Å². The van der Waals surface area contributed by atoms with Crippen molar-refractivity contribution >= 4 is 11.9 Å². The average Bonchev–Trinajstić information content (AvgIpc) is 3.27. The molecule has 160 valence electrons. The van der Waals surface area contributed by atoms with Gasteiger partial charge in [-0.1, -0.05) is 78.9 Å². The Hall–Kier alpha value is -4.19. The van der Waals surface area contributed by atoms with Crippen molar-refractivity contribution in [2.75, 3.05) is 6.54 Å². The number of amides is 1. The first kappa shape index (κ1) is 21.1. The van der Waals surface area contributed by atoms with E-state index in [2.05, 4.69) is 5.32 Å². The highest BCUT2D eigenvalue weighted by Gasteiger charge is 2.15. The molecule has 0 aliphatic carbocycles. The first-order chi connectivity index (χ1) is 15.7. The molecule has 1 aromatic heterocycles. The van der Waals surface area contributed by atoms with Crippen LogP contribution in [0, 0.1) is 0 Å². The summed E-state index contributed by atoms with van der Waals surface area (Å²) in [4.78, 5) is 24.3. The van der Waals surface area contributed by atoms with Crippen molar-refractivity contribution in [2.45, 2.75) is 13.0 Å². The Bertz CT molecular complexity index is 1170. The van der Waals surface area contributed by atoms with Crippen molar-refractivity contribution in [3.05, 3.63) is 108 Å². The highest BCUT2D eigenvalue weighted by Crippen LogP contribution is 2.24. The number of hydrogen-bond acceptors (Lipinski definition) is 4. The molecule has 4 aromatic rings. The smallest absolute Gasteiger partial charge is 0.325 e. The van der Waals surface area contributed by atoms with E-state index in [-0.39, 0.29) is 25.5 Å². The Morgan fingerprint density at radius 2 is 1.47 bits per heavy atom. The molecule has 1 amide bonds. The molecule has 1 N–H and O–H groups in total. The van der Waals surface area contributed by atoms with Gasteiger partial charge in [-0.15, -0.1) is 0 Å². The van der Waals surface area contributed by atoms with Gasteiger partial charge in [-0.2, -0.15) is 5.10 Å². The monoisotopic (exact) mass is 425 g/mol. The second kappa shape index (κ2) is 10.2. The summed E-state index contributed by atoms with van der Waals surface area (Å²) in [6.07, 6.45) is 2.08. The predicted octanol–water partition coefficient (Wildman–Crippen LogP) is 3.94. The average molecular weight is 425 g/mol. The van der Waals surface area contributed by atoms with Crippen LogP contribution in [0.4, 0.5) is 0 Å². The van der Waals surface area contributed by atoms with E-state index in [9.17, 15) is 9.59 Å². The Morgan fingerprint density at radius 3 is 2.16 bits per heavy atom. The van der Waals surface area contributed by atoms with Crippen LogP contribution in [0.1, 0.15) is 11.1 Å². The summed E-state index contributed by atoms with van der Waals surface area (Å²) in [7, 11) is 0. The molecular weight excluding hydrogens is 402 g/mol. The molecule has 3 aromatic carbocycles. The maximum atomic E-state index is 12.2. The molecule has 0 aliphatic heterocycles. The van der Waals surface area contributed by atoms with Crippen molar-refractivity contribution in [2.24, 2.45) is 0 Å². The van der Waals surface area contributed by atoms with E-state index < -0.39 is 5.97 Å². The fraction of sp³-hybridized carbons (Fsp3) is 0.115. The number of aromatic nitrogens is 2. The van der Waals surface area contributed by atoms with Crippen LogP contribution in [0.25, 0.3) is 16.9 Å². The van der Waals surface area contributed by atoms with Gasteiger partial charge in [0.25, 0.3) is 0 Å². The van der Waals surface area contributed by atoms with Crippen LogP contribution in [0.3, 0.4) is 0 Å². The third-order valence-corrected chi connectivity index (χ3v) is 4.88. The molecule has 1 heterocycles. The predicted molar refractivity (Wildman–Crippen MR) is 122 cm³/mol. The van der Waals surface area contributed by atoms with Gasteiger partial charge in [0.05, 0.1) is 17.8 Å². The molecule has 32 heavy (non-hydrogen) atoms. The lowest BCUT2D eigenvalue weighted by molar-refractivity contribution is -0.145. The van der Waals surface area contributed by atoms with Crippen LogP contribution in [0.2, 0.25) is 0 Å². The van der Waals surface area contributed by atoms with E-state index in [1.807, 2.05) is 97.2 Å². The molecule has 0 fully saturated rings. The maximum absolute atomic E-state index is 12.2. The number of carbonyl (C=O) groups excluding carboxylic acids is 2. The lowest BCUT2D eigenvalue weighted by Gasteiger charge is -2.07. The van der Waals surface area contributed by atoms with Gasteiger partial charge in [0.2, 0.25) is 5.91 Å². The summed E-state index contributed by atoms with van der Waals surface area (Å²) in [6, 6.07) is 28.9. The number of rotatable bonds is 8. The van der Waals surface area contributed by atoms with Crippen molar-refractivity contribution in [1.29, 1.82) is 0 Å². The first-order valence-corrected chi connectivity index (χ1v) is 10.3. The Balaban J connectivity index is 1.40. The summed E-state index contributed by atoms with van der Waals surface area (Å²) in [5.41, 5.74) is 4.26. The van der Waals surface area contributed by atoms with Gasteiger partial charge in [0, 0.05) is 17.3 Å². The van der Waals surface area contributed by atoms with Crippen molar-refractivity contribution < 1.29 is 14.3 Å². The summed E-state index contributed by atoms with van der Waals surface area (Å²) in [5, 5.41) is 7.32. The van der Waals surface area contributed by atoms with Crippen LogP contribution in [-0.2, 0) is 27.4 Å². The van der Waals surface area contributed by atoms with Crippen LogP contribution in [-0.4, -0.2) is 28.2 Å². The van der Waals surface area contributed by atoms with E-state index in [1.165, 1.54) is 0 Å². The zero-order valence-corrected chi connectivity index (χ0v) is 17.5. The summed E-state index contributed by atoms with van der Waals surface area (Å²) < 4.78 is 7.20. The molecule has 0 atom stereocenters. The molecule has 6 nitrogen and oxygen atoms in total. The maximum Gasteiger partial charge on any atom is 0.325 e. The quantitative estimate of drug-likeness (QED) is 0.434. The zero-order chi connectivity index (χ0) is 22.2. The highest BCUT2D eigenvalue weighted by atomic mass is 16.5. The van der Waals surface area contributed by atoms with Crippen LogP contribution in [0.5, 0.6) is 0 Å². The second-order valence-electron chi connectivity index (χ2n) is 7.25. The molecule has 0 radical (unpaired) electrons. The van der Waals surface area contributed by atoms with Crippen LogP contribution in [0.15, 0.2) is 97.2 Å². The van der Waals surface area contributed by atoms with Crippen molar-refractivity contribution in [3.63, 3.8) is 0 Å². The van der Waals surface area contributed by atoms with Gasteiger partial charge in [0.15, 0.2) is 0 Å². The van der Waals surface area contributed by atoms with E-state index in [1.54, 1.807) is 4.68 Å². The molecule has 4 rings (SSSR count). The third kappa shape index (κ3) is 5.49. The standard InChI is InChI=1S/C26H23N3O3/c30-24(16-20-10-4-1-5-11-20)27-17-25(31)32-19-22-18-29(23-14-8-3-9-15-23)28-26(22)21-12-6-2-7-13-21/h1-15,18H,16-17,19H2,(H,27,30). The molecule has 6 heteroatoms. The first-order valence-electron chi connectivity index (χ1n) is 10.3. The van der Waals surface area contributed by atoms with E-state index in [0.29, 0.717) is 0 Å². The molecule has 0 saturated heterocycles. The number of hydrogen-bond donors (Lipinski definition) is 1. The number of nitrogens with zero attached hydrogens (tertiary/aromatic N) is 2. The summed E-state index contributed by atoms with van der Waals surface area (Å²) in [6.45, 7) is -0.121. The number of benzene rings is 3. The Morgan fingerprint density at radius 1 is 0.844 bits per heavy atom. The minimum atomic E-state index is -0.502. The van der Waals surface area contributed by atoms with Gasteiger partial charge in [-0.05, 0) is 17.7 Å². The number of nitrogens with one attached hydrogen (secondary N) is 1. The van der Waals surface area contributed by atoms with Crippen molar-refractivity contribution in [1.82, 2.24) is 15.1 Å². The van der Waals surface area contributed by atoms with Crippen LogP contribution < -0.4 is 5.32 Å². The SMILES string of the molecule is O=C(Cc1ccccc1)NCC(=O)OCc1cn(-c2ccccc2)nc1-c1ccccc1. The Kier molecular flexibility index (Phi) is 6.72. The molecular formula is C26H23N3O3. The summed E-state index contributed by atoms with van der Waals surface area (Å²) >= 11 is 0. The fourth-order valence-electron chi connectivity index (χ4n) is 3.29. The number of carbonyl (C=O) groups is 2. The van der Waals surface area contributed by atoms with E-state index >= 15 is 0 Å². The van der Waals surface area contributed by atoms with Gasteiger partial charge < -0.3 is 10.1 Å². The molecule has 0 bridgehead atoms. The lowest BCUT2D eigenvalue weighted by atomic mass is 10.1.